The Balaban J connectivity index is 1.56. The number of benzene rings is 2. The van der Waals surface area contributed by atoms with Gasteiger partial charge in [0.1, 0.15) is 35.0 Å². The van der Waals surface area contributed by atoms with Crippen LogP contribution in [0.4, 0.5) is 0 Å². The molecule has 0 radical (unpaired) electrons. The van der Waals surface area contributed by atoms with Crippen molar-refractivity contribution in [1.29, 1.82) is 0 Å². The summed E-state index contributed by atoms with van der Waals surface area (Å²) < 4.78 is 0. The first-order chi connectivity index (χ1) is 31.0. The molecular formula is C52H73N7O6S. The highest BCUT2D eigenvalue weighted by atomic mass is 32.1. The summed E-state index contributed by atoms with van der Waals surface area (Å²) in [4.78, 5) is 97.6. The van der Waals surface area contributed by atoms with E-state index in [1.54, 1.807) is 16.5 Å². The van der Waals surface area contributed by atoms with Crippen LogP contribution in [0.15, 0.2) is 77.2 Å². The van der Waals surface area contributed by atoms with Gasteiger partial charge in [-0.3, -0.25) is 33.8 Å². The molecule has 2 aliphatic heterocycles. The number of thiazole rings is 1. The third kappa shape index (κ3) is 13.0. The lowest BCUT2D eigenvalue weighted by Gasteiger charge is -2.39. The van der Waals surface area contributed by atoms with Crippen molar-refractivity contribution in [2.45, 2.75) is 151 Å². The second kappa shape index (κ2) is 22.0. The first kappa shape index (κ1) is 51.7. The molecule has 358 valence electrons. The van der Waals surface area contributed by atoms with Crippen molar-refractivity contribution in [3.8, 4) is 0 Å². The lowest BCUT2D eigenvalue weighted by Crippen LogP contribution is -2.60. The topological polar surface area (TPSA) is 179 Å². The minimum Gasteiger partial charge on any atom is -0.346 e. The molecule has 5 rings (SSSR count). The predicted molar refractivity (Wildman–Crippen MR) is 261 cm³/mol. The average Bonchev–Trinajstić information content (AvgIpc) is 3.93. The predicted octanol–water partition coefficient (Wildman–Crippen LogP) is 7.23. The van der Waals surface area contributed by atoms with E-state index >= 15 is 4.79 Å². The van der Waals surface area contributed by atoms with Crippen LogP contribution in [0, 0.1) is 34.5 Å². The van der Waals surface area contributed by atoms with E-state index in [0.717, 1.165) is 11.1 Å². The summed E-state index contributed by atoms with van der Waals surface area (Å²) >= 11 is 1.34. The molecule has 2 aliphatic rings. The van der Waals surface area contributed by atoms with Crippen LogP contribution >= 0.6 is 11.3 Å². The zero-order chi connectivity index (χ0) is 48.7. The Bertz CT molecular complexity index is 2180. The standard InChI is InChI=1S/C52H73N7O6S/c1-30(2)40-46(62)58-44(51(7,8)9)41(33(5)32(4)27-39(61)59-25-23-31(3)43(59)48(64)56-40)55-45(52(10,11)12)49(65)57-42(34(6)36-21-17-14-18-22-36)47(63)54-38(50-53-24-26-66-50)29-37(60)28-35-19-15-13-16-20-35/h13-22,24,26,30-34,38,40,42-45H,23,25,27-29H2,1-12H3,(H,54,63)(H,56,64)(H,57,65)(H,58,62)/t31-,32+,33?,34+,38-,40+,42?,43+,44?,45?/m1/s1. The van der Waals surface area contributed by atoms with Crippen LogP contribution in [-0.2, 0) is 35.2 Å². The highest BCUT2D eigenvalue weighted by molar-refractivity contribution is 7.09. The Labute approximate surface area is 396 Å². The number of carbonyl (C=O) groups excluding carboxylic acids is 6. The SMILES string of the molecule is CC(C)[C@@H]1NC(=O)[C@@H]2[C@H](C)CCN2C(=O)C[C@H](C)C(C)C(=NC(C(=O)NC(C(=O)N[C@H](CC(=O)Cc2ccccc2)c2nccs2)[C@@H](C)c2ccccc2)C(C)(C)C)C(C(C)(C)C)NC1=O. The Morgan fingerprint density at radius 1 is 0.848 bits per heavy atom. The molecular weight excluding hydrogens is 851 g/mol. The van der Waals surface area contributed by atoms with Gasteiger partial charge in [0, 0.05) is 49.0 Å². The number of nitrogens with one attached hydrogen (secondary N) is 4. The van der Waals surface area contributed by atoms with E-state index in [1.807, 2.05) is 144 Å². The maximum absolute atomic E-state index is 15.2. The zero-order valence-corrected chi connectivity index (χ0v) is 41.8. The van der Waals surface area contributed by atoms with Gasteiger partial charge in [-0.25, -0.2) is 4.98 Å². The Kier molecular flexibility index (Phi) is 17.3. The van der Waals surface area contributed by atoms with Gasteiger partial charge in [-0.05, 0) is 52.0 Å². The van der Waals surface area contributed by atoms with Crippen molar-refractivity contribution >= 4 is 52.4 Å². The van der Waals surface area contributed by atoms with E-state index in [4.69, 9.17) is 4.99 Å². The van der Waals surface area contributed by atoms with Crippen molar-refractivity contribution in [3.63, 3.8) is 0 Å². The fourth-order valence-corrected chi connectivity index (χ4v) is 9.76. The molecule has 2 saturated heterocycles. The van der Waals surface area contributed by atoms with Gasteiger partial charge in [-0.1, -0.05) is 144 Å². The van der Waals surface area contributed by atoms with Gasteiger partial charge < -0.3 is 26.2 Å². The van der Waals surface area contributed by atoms with Crippen molar-refractivity contribution in [1.82, 2.24) is 31.2 Å². The van der Waals surface area contributed by atoms with E-state index in [9.17, 15) is 24.0 Å². The number of fused-ring (bicyclic) bond motifs is 1. The van der Waals surface area contributed by atoms with Crippen molar-refractivity contribution in [3.05, 3.63) is 88.4 Å². The van der Waals surface area contributed by atoms with E-state index in [-0.39, 0.29) is 60.5 Å². The van der Waals surface area contributed by atoms with Gasteiger partial charge in [-0.15, -0.1) is 11.3 Å². The number of rotatable bonds is 13. The van der Waals surface area contributed by atoms with E-state index in [2.05, 4.69) is 26.3 Å². The molecule has 14 heteroatoms. The molecule has 1 aromatic heterocycles. The van der Waals surface area contributed by atoms with Gasteiger partial charge in [0.05, 0.1) is 12.1 Å². The lowest BCUT2D eigenvalue weighted by atomic mass is 9.75. The second-order valence-corrected chi connectivity index (χ2v) is 22.1. The highest BCUT2D eigenvalue weighted by Gasteiger charge is 2.45. The molecule has 0 bridgehead atoms. The minimum absolute atomic E-state index is 0.00405. The minimum atomic E-state index is -1.10. The monoisotopic (exact) mass is 924 g/mol. The molecule has 0 saturated carbocycles. The number of amides is 5. The normalized spacial score (nSPS) is 24.7. The number of nitrogens with zero attached hydrogens (tertiary/aromatic N) is 3. The molecule has 3 heterocycles. The molecule has 2 fully saturated rings. The largest absolute Gasteiger partial charge is 0.346 e. The van der Waals surface area contributed by atoms with Gasteiger partial charge in [0.25, 0.3) is 0 Å². The summed E-state index contributed by atoms with van der Waals surface area (Å²) in [6.07, 6.45) is 2.64. The summed E-state index contributed by atoms with van der Waals surface area (Å²) in [5.74, 6) is -3.50. The Morgan fingerprint density at radius 3 is 2.06 bits per heavy atom. The van der Waals surface area contributed by atoms with E-state index in [0.29, 0.717) is 23.7 Å². The summed E-state index contributed by atoms with van der Waals surface area (Å²) in [5.41, 5.74) is 0.788. The van der Waals surface area contributed by atoms with Crippen molar-refractivity contribution in [2.75, 3.05) is 6.54 Å². The fourth-order valence-electron chi connectivity index (χ4n) is 9.07. The number of Topliss-reactive ketones (excluding diaryl/α,β-unsaturated/α-hetero) is 1. The molecule has 4 N–H and O–H groups in total. The molecule has 3 aromatic rings. The summed E-state index contributed by atoms with van der Waals surface area (Å²) in [5, 5.41) is 14.9. The summed E-state index contributed by atoms with van der Waals surface area (Å²) in [6.45, 7) is 23.7. The molecule has 5 amide bonds. The van der Waals surface area contributed by atoms with Crippen LogP contribution in [-0.4, -0.2) is 87.7 Å². The average molecular weight is 924 g/mol. The maximum atomic E-state index is 15.2. The van der Waals surface area contributed by atoms with Crippen LogP contribution in [0.3, 0.4) is 0 Å². The van der Waals surface area contributed by atoms with E-state index in [1.165, 1.54) is 11.3 Å². The molecule has 0 spiro atoms. The number of ketones is 1. The maximum Gasteiger partial charge on any atom is 0.245 e. The number of aliphatic imine (C=N–C) groups is 1. The first-order valence-corrected chi connectivity index (χ1v) is 24.4. The second-order valence-electron chi connectivity index (χ2n) is 21.2. The van der Waals surface area contributed by atoms with Gasteiger partial charge >= 0.3 is 0 Å². The number of carbonyl (C=O) groups is 6. The molecule has 66 heavy (non-hydrogen) atoms. The van der Waals surface area contributed by atoms with Crippen molar-refractivity contribution < 1.29 is 28.8 Å². The molecule has 4 unspecified atom stereocenters. The summed E-state index contributed by atoms with van der Waals surface area (Å²) in [7, 11) is 0. The molecule has 10 atom stereocenters. The van der Waals surface area contributed by atoms with Crippen LogP contribution in [0.2, 0.25) is 0 Å². The molecule has 13 nitrogen and oxygen atoms in total. The zero-order valence-electron chi connectivity index (χ0n) is 41.0. The molecule has 2 aromatic carbocycles. The Hall–Kier alpha value is -5.24. The van der Waals surface area contributed by atoms with Crippen LogP contribution in [0.25, 0.3) is 0 Å². The van der Waals surface area contributed by atoms with Gasteiger partial charge in [0.15, 0.2) is 0 Å². The molecule has 0 aliphatic carbocycles. The number of hydrogen-bond donors (Lipinski definition) is 4. The van der Waals surface area contributed by atoms with Gasteiger partial charge in [-0.2, -0.15) is 0 Å². The number of hydrogen-bond acceptors (Lipinski definition) is 9. The smallest absolute Gasteiger partial charge is 0.245 e. The quantitative estimate of drug-likeness (QED) is 0.140. The van der Waals surface area contributed by atoms with E-state index < -0.39 is 70.7 Å². The first-order valence-electron chi connectivity index (χ1n) is 23.6. The van der Waals surface area contributed by atoms with Crippen LogP contribution < -0.4 is 21.3 Å². The summed E-state index contributed by atoms with van der Waals surface area (Å²) in [6, 6.07) is 13.7. The third-order valence-corrected chi connectivity index (χ3v) is 14.2. The van der Waals surface area contributed by atoms with Crippen molar-refractivity contribution in [2.24, 2.45) is 39.5 Å². The van der Waals surface area contributed by atoms with Crippen LogP contribution in [0.1, 0.15) is 130 Å². The van der Waals surface area contributed by atoms with Crippen LogP contribution in [0.5, 0.6) is 0 Å². The van der Waals surface area contributed by atoms with Gasteiger partial charge in [0.2, 0.25) is 29.5 Å². The third-order valence-electron chi connectivity index (χ3n) is 13.3. The highest BCUT2D eigenvalue weighted by Crippen LogP contribution is 2.34. The number of aromatic nitrogens is 1. The lowest BCUT2D eigenvalue weighted by molar-refractivity contribution is -0.141. The Morgan fingerprint density at radius 2 is 1.48 bits per heavy atom. The fraction of sp³-hybridized carbons (Fsp3) is 0.577.